The summed E-state index contributed by atoms with van der Waals surface area (Å²) in [6, 6.07) is 0. The minimum absolute atomic E-state index is 0.0468. The van der Waals surface area contributed by atoms with Crippen molar-refractivity contribution in [2.24, 2.45) is 5.92 Å². The molecule has 1 unspecified atom stereocenters. The van der Waals surface area contributed by atoms with Crippen molar-refractivity contribution in [3.63, 3.8) is 0 Å². The number of nitrogens with zero attached hydrogens (tertiary/aromatic N) is 2. The Morgan fingerprint density at radius 2 is 2.29 bits per heavy atom. The zero-order chi connectivity index (χ0) is 12.6. The molecule has 1 aromatic rings. The number of hydrogen-bond donors (Lipinski definition) is 1. The summed E-state index contributed by atoms with van der Waals surface area (Å²) in [4.78, 5) is 16.7. The van der Waals surface area contributed by atoms with Crippen LogP contribution in [0.5, 0.6) is 0 Å². The van der Waals surface area contributed by atoms with Gasteiger partial charge >= 0.3 is 6.18 Å². The van der Waals surface area contributed by atoms with E-state index in [1.807, 2.05) is 0 Å². The molecule has 4 nitrogen and oxygen atoms in total. The molecule has 0 aromatic carbocycles. The summed E-state index contributed by atoms with van der Waals surface area (Å²) in [7, 11) is 0. The molecule has 1 atom stereocenters. The number of nitrogen functional groups attached to an aromatic ring is 1. The summed E-state index contributed by atoms with van der Waals surface area (Å²) in [6.45, 7) is -0.180. The average Bonchev–Trinajstić information content (AvgIpc) is 2.83. The summed E-state index contributed by atoms with van der Waals surface area (Å²) < 4.78 is 37.3. The second kappa shape index (κ2) is 4.17. The lowest BCUT2D eigenvalue weighted by molar-refractivity contribution is -0.169. The molecule has 8 heteroatoms. The summed E-state index contributed by atoms with van der Waals surface area (Å²) in [5.41, 5.74) is 5.49. The first-order chi connectivity index (χ1) is 7.88. The number of hydrogen-bond acceptors (Lipinski definition) is 4. The molecule has 2 N–H and O–H groups in total. The van der Waals surface area contributed by atoms with Gasteiger partial charge in [0.05, 0.1) is 5.92 Å². The van der Waals surface area contributed by atoms with E-state index >= 15 is 0 Å². The molecule has 1 amide bonds. The number of carbonyl (C=O) groups is 1. The topological polar surface area (TPSA) is 59.2 Å². The Morgan fingerprint density at radius 3 is 2.76 bits per heavy atom. The largest absolute Gasteiger partial charge is 0.393 e. The SMILES string of the molecule is Nc1nc(C(=O)N2CCC(C(F)(F)F)C2)cs1. The van der Waals surface area contributed by atoms with Gasteiger partial charge in [-0.1, -0.05) is 0 Å². The standard InChI is InChI=1S/C9H10F3N3OS/c10-9(11,12)5-1-2-15(3-5)7(16)6-4-17-8(13)14-6/h4-5H,1-3H2,(H2,13,14). The molecule has 94 valence electrons. The van der Waals surface area contributed by atoms with Crippen LogP contribution in [0.2, 0.25) is 0 Å². The van der Waals surface area contributed by atoms with Crippen molar-refractivity contribution >= 4 is 22.4 Å². The highest BCUT2D eigenvalue weighted by molar-refractivity contribution is 7.13. The fourth-order valence-corrected chi connectivity index (χ4v) is 2.30. The van der Waals surface area contributed by atoms with Gasteiger partial charge in [0, 0.05) is 18.5 Å². The average molecular weight is 265 g/mol. The maximum atomic E-state index is 12.4. The van der Waals surface area contributed by atoms with Gasteiger partial charge < -0.3 is 10.6 Å². The number of halogens is 3. The van der Waals surface area contributed by atoms with Gasteiger partial charge in [-0.2, -0.15) is 13.2 Å². The van der Waals surface area contributed by atoms with Crippen molar-refractivity contribution in [3.05, 3.63) is 11.1 Å². The smallest absolute Gasteiger partial charge is 0.375 e. The normalized spacial score (nSPS) is 20.9. The van der Waals surface area contributed by atoms with E-state index in [9.17, 15) is 18.0 Å². The van der Waals surface area contributed by atoms with Crippen molar-refractivity contribution < 1.29 is 18.0 Å². The maximum absolute atomic E-state index is 12.4. The molecule has 1 fully saturated rings. The van der Waals surface area contributed by atoms with Crippen molar-refractivity contribution in [3.8, 4) is 0 Å². The Labute approximate surface area is 99.2 Å². The number of likely N-dealkylation sites (tertiary alicyclic amines) is 1. The highest BCUT2D eigenvalue weighted by Crippen LogP contribution is 2.33. The predicted octanol–water partition coefficient (Wildman–Crippen LogP) is 1.75. The van der Waals surface area contributed by atoms with Gasteiger partial charge in [-0.05, 0) is 6.42 Å². The molecule has 1 aliphatic heterocycles. The van der Waals surface area contributed by atoms with E-state index in [2.05, 4.69) is 4.98 Å². The van der Waals surface area contributed by atoms with Crippen molar-refractivity contribution in [1.82, 2.24) is 9.88 Å². The third-order valence-electron chi connectivity index (χ3n) is 2.68. The van der Waals surface area contributed by atoms with Gasteiger partial charge in [-0.25, -0.2) is 4.98 Å². The van der Waals surface area contributed by atoms with E-state index < -0.39 is 18.0 Å². The highest BCUT2D eigenvalue weighted by atomic mass is 32.1. The molecule has 1 aromatic heterocycles. The van der Waals surface area contributed by atoms with Gasteiger partial charge in [-0.15, -0.1) is 11.3 Å². The van der Waals surface area contributed by atoms with E-state index in [-0.39, 0.29) is 30.3 Å². The van der Waals surface area contributed by atoms with Gasteiger partial charge in [0.1, 0.15) is 5.69 Å². The lowest BCUT2D eigenvalue weighted by atomic mass is 10.1. The molecular weight excluding hydrogens is 255 g/mol. The first kappa shape index (κ1) is 12.2. The van der Waals surface area contributed by atoms with Gasteiger partial charge in [0.2, 0.25) is 0 Å². The molecule has 2 rings (SSSR count). The number of nitrogens with two attached hydrogens (primary N) is 1. The van der Waals surface area contributed by atoms with Crippen LogP contribution < -0.4 is 5.73 Å². The highest BCUT2D eigenvalue weighted by Gasteiger charge is 2.44. The Kier molecular flexibility index (Phi) is 2.98. The van der Waals surface area contributed by atoms with E-state index in [0.717, 1.165) is 11.3 Å². The third-order valence-corrected chi connectivity index (χ3v) is 3.35. The van der Waals surface area contributed by atoms with Crippen molar-refractivity contribution in [2.75, 3.05) is 18.8 Å². The summed E-state index contributed by atoms with van der Waals surface area (Å²) in [6.07, 6.45) is -4.29. The van der Waals surface area contributed by atoms with Crippen LogP contribution in [0.15, 0.2) is 5.38 Å². The number of alkyl halides is 3. The van der Waals surface area contributed by atoms with E-state index in [4.69, 9.17) is 5.73 Å². The van der Waals surface area contributed by atoms with Crippen LogP contribution >= 0.6 is 11.3 Å². The molecule has 0 spiro atoms. The molecule has 2 heterocycles. The van der Waals surface area contributed by atoms with Crippen molar-refractivity contribution in [2.45, 2.75) is 12.6 Å². The van der Waals surface area contributed by atoms with Gasteiger partial charge in [0.15, 0.2) is 5.13 Å². The molecule has 0 aliphatic carbocycles. The Morgan fingerprint density at radius 1 is 1.59 bits per heavy atom. The maximum Gasteiger partial charge on any atom is 0.393 e. The Balaban J connectivity index is 2.04. The zero-order valence-corrected chi connectivity index (χ0v) is 9.51. The molecule has 0 saturated carbocycles. The van der Waals surface area contributed by atoms with Crippen LogP contribution in [0.1, 0.15) is 16.9 Å². The number of anilines is 1. The predicted molar refractivity (Wildman–Crippen MR) is 56.6 cm³/mol. The summed E-state index contributed by atoms with van der Waals surface area (Å²) >= 11 is 1.09. The lowest BCUT2D eigenvalue weighted by Crippen LogP contribution is -2.32. The number of carbonyl (C=O) groups excluding carboxylic acids is 1. The first-order valence-electron chi connectivity index (χ1n) is 4.95. The van der Waals surface area contributed by atoms with Crippen LogP contribution in [0, 0.1) is 5.92 Å². The molecule has 0 bridgehead atoms. The fourth-order valence-electron chi connectivity index (χ4n) is 1.76. The molecular formula is C9H10F3N3OS. The minimum Gasteiger partial charge on any atom is -0.375 e. The number of rotatable bonds is 1. The first-order valence-corrected chi connectivity index (χ1v) is 5.83. The van der Waals surface area contributed by atoms with Crippen LogP contribution in [-0.2, 0) is 0 Å². The lowest BCUT2D eigenvalue weighted by Gasteiger charge is -2.16. The number of amides is 1. The monoisotopic (exact) mass is 265 g/mol. The van der Waals surface area contributed by atoms with Crippen molar-refractivity contribution in [1.29, 1.82) is 0 Å². The number of thiazole rings is 1. The van der Waals surface area contributed by atoms with E-state index in [1.165, 1.54) is 10.3 Å². The van der Waals surface area contributed by atoms with Crippen LogP contribution in [0.3, 0.4) is 0 Å². The van der Waals surface area contributed by atoms with Gasteiger partial charge in [0.25, 0.3) is 5.91 Å². The quantitative estimate of drug-likeness (QED) is 0.841. The summed E-state index contributed by atoms with van der Waals surface area (Å²) in [5.74, 6) is -1.91. The second-order valence-corrected chi connectivity index (χ2v) is 4.74. The Bertz CT molecular complexity index is 431. The van der Waals surface area contributed by atoms with Gasteiger partial charge in [-0.3, -0.25) is 4.79 Å². The third kappa shape index (κ3) is 2.51. The molecule has 1 aliphatic rings. The second-order valence-electron chi connectivity index (χ2n) is 3.85. The molecule has 17 heavy (non-hydrogen) atoms. The molecule has 0 radical (unpaired) electrons. The minimum atomic E-state index is -4.24. The zero-order valence-electron chi connectivity index (χ0n) is 8.70. The van der Waals surface area contributed by atoms with Crippen LogP contribution in [0.25, 0.3) is 0 Å². The van der Waals surface area contributed by atoms with E-state index in [1.54, 1.807) is 0 Å². The summed E-state index contributed by atoms with van der Waals surface area (Å²) in [5, 5.41) is 1.69. The Hall–Kier alpha value is -1.31. The molecule has 1 saturated heterocycles. The number of aromatic nitrogens is 1. The van der Waals surface area contributed by atoms with E-state index in [0.29, 0.717) is 0 Å². The van der Waals surface area contributed by atoms with Crippen LogP contribution in [-0.4, -0.2) is 35.1 Å². The van der Waals surface area contributed by atoms with Crippen LogP contribution in [0.4, 0.5) is 18.3 Å². The fraction of sp³-hybridized carbons (Fsp3) is 0.556.